The molecule has 0 saturated carbocycles. The first-order chi connectivity index (χ1) is 16.9. The number of methoxy groups -OCH3 is 1. The van der Waals surface area contributed by atoms with E-state index in [0.717, 1.165) is 17.1 Å². The lowest BCUT2D eigenvalue weighted by Crippen LogP contribution is -2.30. The molecule has 2 aromatic carbocycles. The molecule has 0 aliphatic carbocycles. The van der Waals surface area contributed by atoms with Gasteiger partial charge in [0, 0.05) is 23.3 Å². The second-order valence-electron chi connectivity index (χ2n) is 9.12. The van der Waals surface area contributed by atoms with Crippen LogP contribution in [0.25, 0.3) is 5.69 Å². The highest BCUT2D eigenvalue weighted by Gasteiger charge is 2.43. The van der Waals surface area contributed by atoms with E-state index < -0.39 is 0 Å². The lowest BCUT2D eigenvalue weighted by atomic mass is 9.96. The van der Waals surface area contributed by atoms with Crippen LogP contribution < -0.4 is 15.0 Å². The normalized spacial score (nSPS) is 17.5. The Morgan fingerprint density at radius 3 is 2.43 bits per heavy atom. The summed E-state index contributed by atoms with van der Waals surface area (Å²) in [6.45, 7) is 8.67. The van der Waals surface area contributed by atoms with E-state index in [1.807, 2.05) is 36.5 Å². The minimum absolute atomic E-state index is 0.0984. The molecule has 0 spiro atoms. The fraction of sp³-hybridized carbons (Fsp3) is 0.241. The number of para-hydroxylation sites is 2. The molecule has 4 aromatic rings. The van der Waals surface area contributed by atoms with Crippen LogP contribution in [0, 0.1) is 27.7 Å². The average Bonchev–Trinajstić information content (AvgIpc) is 3.36. The zero-order valence-electron chi connectivity index (χ0n) is 20.7. The van der Waals surface area contributed by atoms with Gasteiger partial charge in [0.2, 0.25) is 0 Å². The number of rotatable bonds is 5. The van der Waals surface area contributed by atoms with Crippen LogP contribution in [0.3, 0.4) is 0 Å². The maximum atomic E-state index is 5.92. The standard InChI is InChI=1S/C29H30N4OS/c1-18-13-14-19(2)25(16-18)32-20(3)17-22(21(32)4)28-27(23-10-8-9-15-30-23)31-29(35)33(28)24-11-6-7-12-26(24)34-5/h6-17,27-28H,1-5H3,(H,31,35). The molecule has 1 fully saturated rings. The summed E-state index contributed by atoms with van der Waals surface area (Å²) in [5, 5.41) is 4.22. The Labute approximate surface area is 212 Å². The first-order valence-electron chi connectivity index (χ1n) is 11.8. The van der Waals surface area contributed by atoms with E-state index in [4.69, 9.17) is 21.9 Å². The number of nitrogens with zero attached hydrogens (tertiary/aromatic N) is 3. The molecular weight excluding hydrogens is 452 g/mol. The van der Waals surface area contributed by atoms with Crippen LogP contribution in [0.1, 0.15) is 45.9 Å². The molecule has 3 heterocycles. The Balaban J connectivity index is 1.72. The van der Waals surface area contributed by atoms with Crippen molar-refractivity contribution in [1.29, 1.82) is 0 Å². The molecule has 0 amide bonds. The van der Waals surface area contributed by atoms with Crippen molar-refractivity contribution in [1.82, 2.24) is 14.9 Å². The maximum Gasteiger partial charge on any atom is 0.174 e. The number of aryl methyl sites for hydroxylation is 3. The van der Waals surface area contributed by atoms with Gasteiger partial charge in [-0.25, -0.2) is 0 Å². The Hall–Kier alpha value is -3.64. The van der Waals surface area contributed by atoms with Crippen LogP contribution in [-0.2, 0) is 0 Å². The van der Waals surface area contributed by atoms with Crippen LogP contribution in [0.5, 0.6) is 5.75 Å². The van der Waals surface area contributed by atoms with Crippen LogP contribution in [0.2, 0.25) is 0 Å². The molecule has 178 valence electrons. The average molecular weight is 483 g/mol. The molecule has 35 heavy (non-hydrogen) atoms. The topological polar surface area (TPSA) is 42.3 Å². The maximum absolute atomic E-state index is 5.92. The molecule has 1 N–H and O–H groups in total. The number of anilines is 1. The van der Waals surface area contributed by atoms with Crippen molar-refractivity contribution in [3.8, 4) is 11.4 Å². The van der Waals surface area contributed by atoms with E-state index in [1.54, 1.807) is 7.11 Å². The van der Waals surface area contributed by atoms with Gasteiger partial charge in [0.1, 0.15) is 5.75 Å². The smallest absolute Gasteiger partial charge is 0.174 e. The summed E-state index contributed by atoms with van der Waals surface area (Å²) >= 11 is 5.92. The number of ether oxygens (including phenoxy) is 1. The highest BCUT2D eigenvalue weighted by atomic mass is 32.1. The van der Waals surface area contributed by atoms with Crippen LogP contribution in [0.15, 0.2) is 72.9 Å². The Bertz CT molecular complexity index is 1400. The van der Waals surface area contributed by atoms with Gasteiger partial charge in [0.15, 0.2) is 5.11 Å². The van der Waals surface area contributed by atoms with E-state index in [0.29, 0.717) is 5.11 Å². The lowest BCUT2D eigenvalue weighted by molar-refractivity contribution is 0.414. The molecule has 0 bridgehead atoms. The third-order valence-corrected chi connectivity index (χ3v) is 7.15. The highest BCUT2D eigenvalue weighted by molar-refractivity contribution is 7.80. The minimum atomic E-state index is -0.110. The third kappa shape index (κ3) is 3.98. The fourth-order valence-electron chi connectivity index (χ4n) is 5.18. The monoisotopic (exact) mass is 482 g/mol. The zero-order chi connectivity index (χ0) is 24.7. The van der Waals surface area contributed by atoms with Crippen LogP contribution in [-0.4, -0.2) is 21.8 Å². The zero-order valence-corrected chi connectivity index (χ0v) is 21.6. The molecule has 1 aliphatic rings. The van der Waals surface area contributed by atoms with Crippen molar-refractivity contribution >= 4 is 23.0 Å². The molecule has 2 atom stereocenters. The van der Waals surface area contributed by atoms with Gasteiger partial charge in [-0.2, -0.15) is 0 Å². The molecular formula is C29H30N4OS. The lowest BCUT2D eigenvalue weighted by Gasteiger charge is -2.29. The van der Waals surface area contributed by atoms with Gasteiger partial charge in [0.05, 0.1) is 30.6 Å². The summed E-state index contributed by atoms with van der Waals surface area (Å²) in [4.78, 5) is 6.88. The Morgan fingerprint density at radius 1 is 0.914 bits per heavy atom. The van der Waals surface area contributed by atoms with Gasteiger partial charge in [-0.3, -0.25) is 4.98 Å². The molecule has 6 heteroatoms. The predicted octanol–water partition coefficient (Wildman–Crippen LogP) is 6.29. The second-order valence-corrected chi connectivity index (χ2v) is 9.51. The molecule has 5 nitrogen and oxygen atoms in total. The van der Waals surface area contributed by atoms with Crippen molar-refractivity contribution < 1.29 is 4.74 Å². The molecule has 1 saturated heterocycles. The number of thiocarbonyl (C=S) groups is 1. The van der Waals surface area contributed by atoms with Crippen molar-refractivity contribution in [3.05, 3.63) is 107 Å². The van der Waals surface area contributed by atoms with Gasteiger partial charge < -0.3 is 19.5 Å². The summed E-state index contributed by atoms with van der Waals surface area (Å²) in [6.07, 6.45) is 1.84. The second kappa shape index (κ2) is 9.19. The summed E-state index contributed by atoms with van der Waals surface area (Å²) in [6, 6.07) is 22.7. The minimum Gasteiger partial charge on any atom is -0.495 e. The summed E-state index contributed by atoms with van der Waals surface area (Å²) < 4.78 is 8.09. The third-order valence-electron chi connectivity index (χ3n) is 6.84. The number of hydrogen-bond acceptors (Lipinski definition) is 3. The van der Waals surface area contributed by atoms with E-state index >= 15 is 0 Å². The molecule has 5 rings (SSSR count). The largest absolute Gasteiger partial charge is 0.495 e. The summed E-state index contributed by atoms with van der Waals surface area (Å²) in [5.74, 6) is 0.784. The van der Waals surface area contributed by atoms with Crippen molar-refractivity contribution in [2.75, 3.05) is 12.0 Å². The van der Waals surface area contributed by atoms with Gasteiger partial charge in [-0.15, -0.1) is 0 Å². The molecule has 2 aromatic heterocycles. The van der Waals surface area contributed by atoms with E-state index in [9.17, 15) is 0 Å². The number of pyridine rings is 1. The Morgan fingerprint density at radius 2 is 1.69 bits per heavy atom. The molecule has 0 radical (unpaired) electrons. The predicted molar refractivity (Wildman–Crippen MR) is 146 cm³/mol. The fourth-order valence-corrected chi connectivity index (χ4v) is 5.52. The van der Waals surface area contributed by atoms with Crippen LogP contribution >= 0.6 is 12.2 Å². The van der Waals surface area contributed by atoms with Gasteiger partial charge in [0.25, 0.3) is 0 Å². The van der Waals surface area contributed by atoms with Crippen molar-refractivity contribution in [2.24, 2.45) is 0 Å². The summed E-state index contributed by atoms with van der Waals surface area (Å²) in [7, 11) is 1.70. The number of benzene rings is 2. The summed E-state index contributed by atoms with van der Waals surface area (Å²) in [5.41, 5.74) is 9.16. The number of hydrogen-bond donors (Lipinski definition) is 1. The van der Waals surface area contributed by atoms with Crippen molar-refractivity contribution in [2.45, 2.75) is 39.8 Å². The van der Waals surface area contributed by atoms with E-state index in [2.05, 4.69) is 78.9 Å². The Kier molecular flexibility index (Phi) is 6.07. The van der Waals surface area contributed by atoms with Gasteiger partial charge in [-0.1, -0.05) is 30.3 Å². The number of aromatic nitrogens is 2. The quantitative estimate of drug-likeness (QED) is 0.339. The van der Waals surface area contributed by atoms with Crippen molar-refractivity contribution in [3.63, 3.8) is 0 Å². The van der Waals surface area contributed by atoms with E-state index in [1.165, 1.54) is 33.8 Å². The van der Waals surface area contributed by atoms with Gasteiger partial charge >= 0.3 is 0 Å². The van der Waals surface area contributed by atoms with Gasteiger partial charge in [-0.05, 0) is 93.0 Å². The molecule has 1 aliphatic heterocycles. The molecule has 2 unspecified atom stereocenters. The number of nitrogens with one attached hydrogen (secondary N) is 1. The van der Waals surface area contributed by atoms with E-state index in [-0.39, 0.29) is 12.1 Å². The first kappa shape index (κ1) is 23.1. The SMILES string of the molecule is COc1ccccc1N1C(=S)NC(c2ccccn2)C1c1cc(C)n(-c2cc(C)ccc2C)c1C. The van der Waals surface area contributed by atoms with Crippen LogP contribution in [0.4, 0.5) is 5.69 Å². The highest BCUT2D eigenvalue weighted by Crippen LogP contribution is 2.46. The first-order valence-corrected chi connectivity index (χ1v) is 12.2.